The van der Waals surface area contributed by atoms with Crippen LogP contribution in [0.3, 0.4) is 0 Å². The molecule has 1 saturated carbocycles. The maximum Gasteiger partial charge on any atom is 0.223 e. The Hall–Kier alpha value is -0.710. The zero-order chi connectivity index (χ0) is 14.7. The first-order valence-corrected chi connectivity index (χ1v) is 8.43. The van der Waals surface area contributed by atoms with Gasteiger partial charge in [-0.3, -0.25) is 4.79 Å². The highest BCUT2D eigenvalue weighted by Crippen LogP contribution is 2.48. The Kier molecular flexibility index (Phi) is 5.35. The highest BCUT2D eigenvalue weighted by molar-refractivity contribution is 7.99. The number of aliphatic hydroxyl groups is 1. The largest absolute Gasteiger partial charge is 0.395 e. The van der Waals surface area contributed by atoms with Crippen molar-refractivity contribution in [2.75, 3.05) is 12.9 Å². The average molecular weight is 314 g/mol. The summed E-state index contributed by atoms with van der Waals surface area (Å²) < 4.78 is 0. The van der Waals surface area contributed by atoms with Crippen LogP contribution in [-0.4, -0.2) is 35.2 Å². The molecule has 4 atom stereocenters. The van der Waals surface area contributed by atoms with Crippen molar-refractivity contribution < 1.29 is 9.90 Å². The van der Waals surface area contributed by atoms with Crippen LogP contribution in [0.1, 0.15) is 24.8 Å². The van der Waals surface area contributed by atoms with Gasteiger partial charge in [0.15, 0.2) is 0 Å². The molecule has 1 fully saturated rings. The second-order valence-electron chi connectivity index (χ2n) is 5.26. The lowest BCUT2D eigenvalue weighted by Gasteiger charge is -2.21. The van der Waals surface area contributed by atoms with Crippen LogP contribution >= 0.6 is 23.4 Å². The Labute approximate surface area is 129 Å². The molecule has 110 valence electrons. The number of carbonyl (C=O) groups is 1. The SMILES string of the molecule is CS[C@H](CO)[C@H](C)NC(=O)[C@H]1C[C@H]1c1cccc(Cl)c1. The lowest BCUT2D eigenvalue weighted by molar-refractivity contribution is -0.123. The molecule has 5 heteroatoms. The smallest absolute Gasteiger partial charge is 0.223 e. The zero-order valence-corrected chi connectivity index (χ0v) is 13.2. The number of nitrogens with one attached hydrogen (secondary N) is 1. The fourth-order valence-corrected chi connectivity index (χ4v) is 3.28. The van der Waals surface area contributed by atoms with Gasteiger partial charge in [-0.2, -0.15) is 11.8 Å². The molecular formula is C15H20ClNO2S. The number of rotatable bonds is 6. The van der Waals surface area contributed by atoms with E-state index in [0.29, 0.717) is 5.02 Å². The van der Waals surface area contributed by atoms with Gasteiger partial charge in [0.1, 0.15) is 0 Å². The predicted molar refractivity (Wildman–Crippen MR) is 84.3 cm³/mol. The number of aliphatic hydroxyl groups excluding tert-OH is 1. The van der Waals surface area contributed by atoms with E-state index in [4.69, 9.17) is 11.6 Å². The van der Waals surface area contributed by atoms with Crippen molar-refractivity contribution in [2.45, 2.75) is 30.6 Å². The Morgan fingerprint density at radius 1 is 1.60 bits per heavy atom. The van der Waals surface area contributed by atoms with E-state index in [0.717, 1.165) is 12.0 Å². The van der Waals surface area contributed by atoms with Crippen LogP contribution in [0, 0.1) is 5.92 Å². The van der Waals surface area contributed by atoms with Gasteiger partial charge in [-0.15, -0.1) is 0 Å². The summed E-state index contributed by atoms with van der Waals surface area (Å²) >= 11 is 7.55. The molecule has 1 aromatic carbocycles. The molecule has 2 N–H and O–H groups in total. The van der Waals surface area contributed by atoms with Gasteiger partial charge in [-0.1, -0.05) is 23.7 Å². The van der Waals surface area contributed by atoms with Gasteiger partial charge in [-0.05, 0) is 43.2 Å². The third kappa shape index (κ3) is 3.68. The summed E-state index contributed by atoms with van der Waals surface area (Å²) in [4.78, 5) is 12.2. The average Bonchev–Trinajstić information content (AvgIpc) is 3.20. The van der Waals surface area contributed by atoms with Crippen molar-refractivity contribution in [3.05, 3.63) is 34.9 Å². The summed E-state index contributed by atoms with van der Waals surface area (Å²) in [7, 11) is 0. The standard InChI is InChI=1S/C15H20ClNO2S/c1-9(14(8-18)20-2)17-15(19)13-7-12(13)10-4-3-5-11(16)6-10/h3-6,9,12-14,18H,7-8H2,1-2H3,(H,17,19)/t9-,12-,13-,14+/m0/s1. The van der Waals surface area contributed by atoms with E-state index in [2.05, 4.69) is 5.32 Å². The van der Waals surface area contributed by atoms with Crippen LogP contribution in [0.25, 0.3) is 0 Å². The molecule has 1 aliphatic rings. The van der Waals surface area contributed by atoms with E-state index in [-0.39, 0.29) is 35.6 Å². The monoisotopic (exact) mass is 313 g/mol. The van der Waals surface area contributed by atoms with Crippen molar-refractivity contribution in [1.29, 1.82) is 0 Å². The second-order valence-corrected chi connectivity index (χ2v) is 6.77. The van der Waals surface area contributed by atoms with Crippen LogP contribution in [-0.2, 0) is 4.79 Å². The first-order valence-electron chi connectivity index (χ1n) is 6.76. The third-order valence-corrected chi connectivity index (χ3v) is 5.21. The lowest BCUT2D eigenvalue weighted by Crippen LogP contribution is -2.42. The topological polar surface area (TPSA) is 49.3 Å². The molecule has 3 nitrogen and oxygen atoms in total. The van der Waals surface area contributed by atoms with E-state index >= 15 is 0 Å². The summed E-state index contributed by atoms with van der Waals surface area (Å²) in [6, 6.07) is 7.69. The molecule has 1 amide bonds. The first-order chi connectivity index (χ1) is 9.56. The molecule has 0 aromatic heterocycles. The number of halogens is 1. The third-order valence-electron chi connectivity index (χ3n) is 3.81. The first kappa shape index (κ1) is 15.7. The molecular weight excluding hydrogens is 294 g/mol. The van der Waals surface area contributed by atoms with E-state index in [1.165, 1.54) is 0 Å². The van der Waals surface area contributed by atoms with Gasteiger partial charge in [0.2, 0.25) is 5.91 Å². The van der Waals surface area contributed by atoms with Gasteiger partial charge in [0.25, 0.3) is 0 Å². The summed E-state index contributed by atoms with van der Waals surface area (Å²) in [6.07, 6.45) is 2.82. The highest BCUT2D eigenvalue weighted by Gasteiger charge is 2.44. The number of hydrogen-bond donors (Lipinski definition) is 2. The summed E-state index contributed by atoms with van der Waals surface area (Å²) in [6.45, 7) is 2.01. The van der Waals surface area contributed by atoms with Crippen LogP contribution < -0.4 is 5.32 Å². The fraction of sp³-hybridized carbons (Fsp3) is 0.533. The van der Waals surface area contributed by atoms with Crippen molar-refractivity contribution in [2.24, 2.45) is 5.92 Å². The summed E-state index contributed by atoms with van der Waals surface area (Å²) in [5, 5.41) is 13.0. The van der Waals surface area contributed by atoms with E-state index in [9.17, 15) is 9.90 Å². The predicted octanol–water partition coefficient (Wildman–Crippen LogP) is 2.67. The number of thioether (sulfide) groups is 1. The van der Waals surface area contributed by atoms with Crippen LogP contribution in [0.2, 0.25) is 5.02 Å². The molecule has 0 bridgehead atoms. The number of amides is 1. The maximum absolute atomic E-state index is 12.2. The molecule has 0 unspecified atom stereocenters. The molecule has 2 rings (SSSR count). The summed E-state index contributed by atoms with van der Waals surface area (Å²) in [5.74, 6) is 0.398. The minimum absolute atomic E-state index is 0.0249. The summed E-state index contributed by atoms with van der Waals surface area (Å²) in [5.41, 5.74) is 1.13. The Balaban J connectivity index is 1.90. The Morgan fingerprint density at radius 3 is 2.95 bits per heavy atom. The van der Waals surface area contributed by atoms with E-state index in [1.807, 2.05) is 37.4 Å². The Morgan fingerprint density at radius 2 is 2.35 bits per heavy atom. The van der Waals surface area contributed by atoms with Gasteiger partial charge >= 0.3 is 0 Å². The normalized spacial score (nSPS) is 24.0. The molecule has 1 aliphatic carbocycles. The van der Waals surface area contributed by atoms with Gasteiger partial charge in [0.05, 0.1) is 6.61 Å². The molecule has 0 spiro atoms. The van der Waals surface area contributed by atoms with E-state index < -0.39 is 0 Å². The lowest BCUT2D eigenvalue weighted by atomic mass is 10.1. The number of benzene rings is 1. The van der Waals surface area contributed by atoms with Crippen LogP contribution in [0.4, 0.5) is 0 Å². The quantitative estimate of drug-likeness (QED) is 0.849. The van der Waals surface area contributed by atoms with Gasteiger partial charge in [0, 0.05) is 22.2 Å². The van der Waals surface area contributed by atoms with Crippen molar-refractivity contribution in [3.63, 3.8) is 0 Å². The molecule has 1 aromatic rings. The molecule has 0 radical (unpaired) electrons. The van der Waals surface area contributed by atoms with Crippen molar-refractivity contribution >= 4 is 29.3 Å². The molecule has 20 heavy (non-hydrogen) atoms. The number of hydrogen-bond acceptors (Lipinski definition) is 3. The van der Waals surface area contributed by atoms with Crippen LogP contribution in [0.15, 0.2) is 24.3 Å². The van der Waals surface area contributed by atoms with Gasteiger partial charge < -0.3 is 10.4 Å². The second kappa shape index (κ2) is 6.83. The minimum Gasteiger partial charge on any atom is -0.395 e. The molecule has 0 aliphatic heterocycles. The maximum atomic E-state index is 12.2. The molecule has 0 heterocycles. The molecule has 0 saturated heterocycles. The van der Waals surface area contributed by atoms with Crippen LogP contribution in [0.5, 0.6) is 0 Å². The van der Waals surface area contributed by atoms with Crippen molar-refractivity contribution in [1.82, 2.24) is 5.32 Å². The number of carbonyl (C=O) groups excluding carboxylic acids is 1. The zero-order valence-electron chi connectivity index (χ0n) is 11.7. The minimum atomic E-state index is -0.0249. The van der Waals surface area contributed by atoms with Crippen molar-refractivity contribution in [3.8, 4) is 0 Å². The Bertz CT molecular complexity index is 479. The van der Waals surface area contributed by atoms with E-state index in [1.54, 1.807) is 11.8 Å². The highest BCUT2D eigenvalue weighted by atomic mass is 35.5. The van der Waals surface area contributed by atoms with Gasteiger partial charge in [-0.25, -0.2) is 0 Å². The fourth-order valence-electron chi connectivity index (χ4n) is 2.45.